The van der Waals surface area contributed by atoms with Crippen LogP contribution in [-0.4, -0.2) is 22.7 Å². The maximum Gasteiger partial charge on any atom is 0.189 e. The quantitative estimate of drug-likeness (QED) is 0.480. The summed E-state index contributed by atoms with van der Waals surface area (Å²) in [5, 5.41) is 4.01. The van der Waals surface area contributed by atoms with Crippen LogP contribution < -0.4 is 9.47 Å². The van der Waals surface area contributed by atoms with E-state index in [9.17, 15) is 4.79 Å². The Kier molecular flexibility index (Phi) is 5.49. The molecule has 3 rings (SSSR count). The van der Waals surface area contributed by atoms with Gasteiger partial charge in [0.25, 0.3) is 0 Å². The topological polar surface area (TPSA) is 53.3 Å². The van der Waals surface area contributed by atoms with Crippen molar-refractivity contribution in [3.63, 3.8) is 0 Å². The minimum atomic E-state index is -0.0966. The highest BCUT2D eigenvalue weighted by atomic mass is 16.5. The highest BCUT2D eigenvalue weighted by molar-refractivity contribution is 6.06. The molecule has 0 aliphatic heterocycles. The number of allylic oxidation sites excluding steroid dienone is 1. The van der Waals surface area contributed by atoms with E-state index in [4.69, 9.17) is 9.47 Å². The van der Waals surface area contributed by atoms with Crippen LogP contribution in [0.3, 0.4) is 0 Å². The van der Waals surface area contributed by atoms with Crippen molar-refractivity contribution < 1.29 is 14.3 Å². The highest BCUT2D eigenvalue weighted by Gasteiger charge is 2.07. The van der Waals surface area contributed by atoms with Crippen LogP contribution in [0.1, 0.15) is 21.5 Å². The summed E-state index contributed by atoms with van der Waals surface area (Å²) in [5.41, 5.74) is 2.48. The number of rotatable bonds is 7. The van der Waals surface area contributed by atoms with E-state index < -0.39 is 0 Å². The largest absolute Gasteiger partial charge is 0.493 e. The Hall–Kier alpha value is -3.34. The molecule has 0 bridgehead atoms. The molecule has 0 radical (unpaired) electrons. The van der Waals surface area contributed by atoms with E-state index in [2.05, 4.69) is 5.10 Å². The molecule has 0 N–H and O–H groups in total. The normalized spacial score (nSPS) is 10.8. The summed E-state index contributed by atoms with van der Waals surface area (Å²) >= 11 is 0. The molecule has 0 spiro atoms. The average molecular weight is 348 g/mol. The molecular formula is C21H20N2O3. The smallest absolute Gasteiger partial charge is 0.189 e. The molecule has 0 saturated heterocycles. The van der Waals surface area contributed by atoms with Crippen LogP contribution in [0.4, 0.5) is 0 Å². The van der Waals surface area contributed by atoms with Crippen molar-refractivity contribution in [1.82, 2.24) is 9.78 Å². The second kappa shape index (κ2) is 8.16. The van der Waals surface area contributed by atoms with Crippen molar-refractivity contribution in [3.8, 4) is 11.5 Å². The fourth-order valence-corrected chi connectivity index (χ4v) is 2.46. The molecule has 0 unspecified atom stereocenters. The van der Waals surface area contributed by atoms with Gasteiger partial charge in [0, 0.05) is 13.2 Å². The van der Waals surface area contributed by atoms with Crippen molar-refractivity contribution >= 4 is 11.9 Å². The number of benzene rings is 2. The molecule has 0 fully saturated rings. The number of carbonyl (C=O) groups excluding carboxylic acids is 1. The predicted octanol–water partition coefficient (Wildman–Crippen LogP) is 3.90. The van der Waals surface area contributed by atoms with Gasteiger partial charge in [0.1, 0.15) is 6.61 Å². The summed E-state index contributed by atoms with van der Waals surface area (Å²) in [5.74, 6) is 1.18. The molecule has 0 amide bonds. The van der Waals surface area contributed by atoms with E-state index in [1.54, 1.807) is 37.3 Å². The number of hydrogen-bond acceptors (Lipinski definition) is 4. The van der Waals surface area contributed by atoms with Crippen LogP contribution >= 0.6 is 0 Å². The SMILES string of the molecule is COc1ccc(/C=C/C(=O)c2cnn(C)c2)cc1OCc1ccccc1. The van der Waals surface area contributed by atoms with Crippen molar-refractivity contribution in [1.29, 1.82) is 0 Å². The maximum atomic E-state index is 12.2. The number of methoxy groups -OCH3 is 1. The van der Waals surface area contributed by atoms with Crippen molar-refractivity contribution in [2.24, 2.45) is 7.05 Å². The Bertz CT molecular complexity index is 914. The van der Waals surface area contributed by atoms with Crippen molar-refractivity contribution in [3.05, 3.63) is 83.7 Å². The van der Waals surface area contributed by atoms with Crippen LogP contribution in [0.15, 0.2) is 67.0 Å². The predicted molar refractivity (Wildman–Crippen MR) is 100 cm³/mol. The van der Waals surface area contributed by atoms with Gasteiger partial charge in [0.2, 0.25) is 0 Å². The summed E-state index contributed by atoms with van der Waals surface area (Å²) in [4.78, 5) is 12.2. The van der Waals surface area contributed by atoms with Crippen LogP contribution in [0.5, 0.6) is 11.5 Å². The van der Waals surface area contributed by atoms with Gasteiger partial charge in [-0.25, -0.2) is 0 Å². The lowest BCUT2D eigenvalue weighted by atomic mass is 10.1. The zero-order valence-corrected chi connectivity index (χ0v) is 14.8. The van der Waals surface area contributed by atoms with Crippen molar-refractivity contribution in [2.75, 3.05) is 7.11 Å². The number of carbonyl (C=O) groups is 1. The summed E-state index contributed by atoms with van der Waals surface area (Å²) < 4.78 is 12.9. The molecule has 0 aliphatic carbocycles. The molecule has 0 saturated carbocycles. The van der Waals surface area contributed by atoms with E-state index in [0.717, 1.165) is 11.1 Å². The van der Waals surface area contributed by atoms with E-state index in [-0.39, 0.29) is 5.78 Å². The minimum absolute atomic E-state index is 0.0966. The number of aromatic nitrogens is 2. The fourth-order valence-electron chi connectivity index (χ4n) is 2.46. The van der Waals surface area contributed by atoms with Gasteiger partial charge in [-0.15, -0.1) is 0 Å². The molecule has 0 atom stereocenters. The second-order valence-corrected chi connectivity index (χ2v) is 5.78. The van der Waals surface area contributed by atoms with Crippen LogP contribution in [-0.2, 0) is 13.7 Å². The Morgan fingerprint density at radius 1 is 1.15 bits per heavy atom. The van der Waals surface area contributed by atoms with E-state index in [0.29, 0.717) is 23.7 Å². The first-order chi connectivity index (χ1) is 12.7. The molecule has 1 heterocycles. The van der Waals surface area contributed by atoms with Crippen molar-refractivity contribution in [2.45, 2.75) is 6.61 Å². The average Bonchev–Trinajstić information content (AvgIpc) is 3.12. The number of hydrogen-bond donors (Lipinski definition) is 0. The molecule has 1 aromatic heterocycles. The first-order valence-corrected chi connectivity index (χ1v) is 8.21. The van der Waals surface area contributed by atoms with Gasteiger partial charge in [-0.1, -0.05) is 42.5 Å². The first-order valence-electron chi connectivity index (χ1n) is 8.21. The second-order valence-electron chi connectivity index (χ2n) is 5.78. The Morgan fingerprint density at radius 2 is 1.96 bits per heavy atom. The lowest BCUT2D eigenvalue weighted by Crippen LogP contribution is -1.98. The van der Waals surface area contributed by atoms with E-state index >= 15 is 0 Å². The third kappa shape index (κ3) is 4.39. The zero-order valence-electron chi connectivity index (χ0n) is 14.8. The first kappa shape index (κ1) is 17.5. The van der Waals surface area contributed by atoms with E-state index in [1.165, 1.54) is 6.08 Å². The Morgan fingerprint density at radius 3 is 2.65 bits per heavy atom. The Labute approximate surface area is 152 Å². The summed E-state index contributed by atoms with van der Waals surface area (Å²) in [7, 11) is 3.38. The van der Waals surface area contributed by atoms with Gasteiger partial charge in [0.05, 0.1) is 18.9 Å². The maximum absolute atomic E-state index is 12.2. The summed E-state index contributed by atoms with van der Waals surface area (Å²) in [6.07, 6.45) is 6.52. The van der Waals surface area contributed by atoms with Gasteiger partial charge >= 0.3 is 0 Å². The molecule has 3 aromatic rings. The monoisotopic (exact) mass is 348 g/mol. The van der Waals surface area contributed by atoms with Crippen LogP contribution in [0.25, 0.3) is 6.08 Å². The number of aryl methyl sites for hydroxylation is 1. The lowest BCUT2D eigenvalue weighted by Gasteiger charge is -2.11. The molecular weight excluding hydrogens is 328 g/mol. The Balaban J connectivity index is 1.74. The number of ketones is 1. The summed E-state index contributed by atoms with van der Waals surface area (Å²) in [6.45, 7) is 0.443. The third-order valence-corrected chi connectivity index (χ3v) is 3.84. The molecule has 132 valence electrons. The van der Waals surface area contributed by atoms with Crippen LogP contribution in [0.2, 0.25) is 0 Å². The van der Waals surface area contributed by atoms with Gasteiger partial charge in [-0.05, 0) is 29.3 Å². The fraction of sp³-hybridized carbons (Fsp3) is 0.143. The number of ether oxygens (including phenoxy) is 2. The standard InChI is InChI=1S/C21H20N2O3/c1-23-14-18(13-22-23)19(24)10-8-16-9-11-20(25-2)21(12-16)26-15-17-6-4-3-5-7-17/h3-14H,15H2,1-2H3/b10-8+. The van der Waals surface area contributed by atoms with Gasteiger partial charge in [0.15, 0.2) is 17.3 Å². The van der Waals surface area contributed by atoms with Gasteiger partial charge < -0.3 is 9.47 Å². The number of nitrogens with zero attached hydrogens (tertiary/aromatic N) is 2. The van der Waals surface area contributed by atoms with Gasteiger partial charge in [-0.3, -0.25) is 9.48 Å². The lowest BCUT2D eigenvalue weighted by molar-refractivity contribution is 0.104. The molecule has 26 heavy (non-hydrogen) atoms. The minimum Gasteiger partial charge on any atom is -0.493 e. The molecule has 5 heteroatoms. The zero-order chi connectivity index (χ0) is 18.4. The van der Waals surface area contributed by atoms with Crippen LogP contribution in [0, 0.1) is 0 Å². The highest BCUT2D eigenvalue weighted by Crippen LogP contribution is 2.29. The molecule has 5 nitrogen and oxygen atoms in total. The van der Waals surface area contributed by atoms with E-state index in [1.807, 2.05) is 48.5 Å². The molecule has 2 aromatic carbocycles. The third-order valence-electron chi connectivity index (χ3n) is 3.84. The van der Waals surface area contributed by atoms with Gasteiger partial charge in [-0.2, -0.15) is 5.10 Å². The summed E-state index contributed by atoms with van der Waals surface area (Å²) in [6, 6.07) is 15.5. The molecule has 0 aliphatic rings.